The number of piperazine rings is 1. The monoisotopic (exact) mass is 458 g/mol. The first-order valence-electron chi connectivity index (χ1n) is 11.3. The molecule has 1 aromatic carbocycles. The third-order valence-electron chi connectivity index (χ3n) is 6.13. The molecule has 33 heavy (non-hydrogen) atoms. The van der Waals surface area contributed by atoms with Crippen LogP contribution in [0.25, 0.3) is 0 Å². The van der Waals surface area contributed by atoms with Crippen LogP contribution in [0.15, 0.2) is 30.3 Å². The van der Waals surface area contributed by atoms with E-state index in [1.54, 1.807) is 20.8 Å². The van der Waals surface area contributed by atoms with E-state index in [-0.39, 0.29) is 19.6 Å². The Morgan fingerprint density at radius 3 is 2.21 bits per heavy atom. The van der Waals surface area contributed by atoms with Gasteiger partial charge in [-0.2, -0.15) is 0 Å². The molecule has 3 fully saturated rings. The molecule has 3 saturated heterocycles. The van der Waals surface area contributed by atoms with E-state index < -0.39 is 35.8 Å². The highest BCUT2D eigenvalue weighted by Crippen LogP contribution is 2.29. The maximum absolute atomic E-state index is 12.8. The summed E-state index contributed by atoms with van der Waals surface area (Å²) in [4.78, 5) is 60.1. The molecule has 3 aliphatic heterocycles. The van der Waals surface area contributed by atoms with E-state index in [1.165, 1.54) is 20.3 Å². The zero-order valence-corrected chi connectivity index (χ0v) is 19.2. The minimum Gasteiger partial charge on any atom is -0.444 e. The molecule has 4 rings (SSSR count). The van der Waals surface area contributed by atoms with Gasteiger partial charge >= 0.3 is 18.2 Å². The molecule has 10 heteroatoms. The van der Waals surface area contributed by atoms with E-state index >= 15 is 0 Å². The quantitative estimate of drug-likeness (QED) is 0.632. The summed E-state index contributed by atoms with van der Waals surface area (Å²) in [7, 11) is 0. The van der Waals surface area contributed by atoms with Gasteiger partial charge < -0.3 is 24.3 Å². The van der Waals surface area contributed by atoms with Crippen molar-refractivity contribution < 1.29 is 28.8 Å². The predicted octanol–water partition coefficient (Wildman–Crippen LogP) is 2.80. The Morgan fingerprint density at radius 1 is 0.909 bits per heavy atom. The number of fused-ring (bicyclic) bond motifs is 1. The van der Waals surface area contributed by atoms with Crippen LogP contribution in [0.2, 0.25) is 0 Å². The Labute approximate surface area is 192 Å². The van der Waals surface area contributed by atoms with E-state index in [4.69, 9.17) is 9.57 Å². The molecular formula is C23H30N4O6. The van der Waals surface area contributed by atoms with Crippen molar-refractivity contribution in [2.45, 2.75) is 51.2 Å². The first-order valence-corrected chi connectivity index (χ1v) is 11.3. The maximum Gasteiger partial charge on any atom is 0.434 e. The summed E-state index contributed by atoms with van der Waals surface area (Å²) >= 11 is 0. The second-order valence-corrected chi connectivity index (χ2v) is 9.58. The van der Waals surface area contributed by atoms with E-state index in [9.17, 15) is 19.2 Å². The highest BCUT2D eigenvalue weighted by atomic mass is 16.7. The number of ether oxygens (including phenoxy) is 1. The van der Waals surface area contributed by atoms with Crippen molar-refractivity contribution in [2.24, 2.45) is 0 Å². The largest absolute Gasteiger partial charge is 0.444 e. The second kappa shape index (κ2) is 8.92. The molecule has 1 aromatic rings. The van der Waals surface area contributed by atoms with Gasteiger partial charge in [-0.15, -0.1) is 0 Å². The number of amides is 5. The summed E-state index contributed by atoms with van der Waals surface area (Å²) in [5, 5.41) is 0.537. The van der Waals surface area contributed by atoms with E-state index in [2.05, 4.69) is 12.1 Å². The molecule has 0 aliphatic carbocycles. The number of carbonyl (C=O) groups is 4. The first-order chi connectivity index (χ1) is 15.6. The summed E-state index contributed by atoms with van der Waals surface area (Å²) < 4.78 is 5.37. The summed E-state index contributed by atoms with van der Waals surface area (Å²) in [6.45, 7) is 6.63. The van der Waals surface area contributed by atoms with Gasteiger partial charge in [0.25, 0.3) is 5.91 Å². The average molecular weight is 459 g/mol. The van der Waals surface area contributed by atoms with Crippen molar-refractivity contribution in [3.8, 4) is 0 Å². The number of hydrogen-bond donors (Lipinski definition) is 0. The van der Waals surface area contributed by atoms with Gasteiger partial charge in [0.2, 0.25) is 0 Å². The number of imide groups is 1. The van der Waals surface area contributed by atoms with Gasteiger partial charge in [0.15, 0.2) is 0 Å². The van der Waals surface area contributed by atoms with Crippen molar-refractivity contribution in [3.05, 3.63) is 35.9 Å². The molecule has 0 aromatic heterocycles. The van der Waals surface area contributed by atoms with Crippen molar-refractivity contribution >= 4 is 24.1 Å². The Balaban J connectivity index is 1.33. The van der Waals surface area contributed by atoms with Crippen molar-refractivity contribution in [1.29, 1.82) is 0 Å². The van der Waals surface area contributed by atoms with Crippen molar-refractivity contribution in [3.63, 3.8) is 0 Å². The van der Waals surface area contributed by atoms with Gasteiger partial charge in [0, 0.05) is 26.2 Å². The molecule has 0 bridgehead atoms. The highest BCUT2D eigenvalue weighted by molar-refractivity contribution is 6.04. The molecule has 5 amide bonds. The molecule has 3 heterocycles. The lowest BCUT2D eigenvalue weighted by Gasteiger charge is -2.35. The van der Waals surface area contributed by atoms with Crippen LogP contribution in [0.1, 0.15) is 45.1 Å². The van der Waals surface area contributed by atoms with E-state index in [0.717, 1.165) is 12.8 Å². The smallest absolute Gasteiger partial charge is 0.434 e. The summed E-state index contributed by atoms with van der Waals surface area (Å²) in [5.74, 6) is -0.293. The normalized spacial score (nSPS) is 21.8. The summed E-state index contributed by atoms with van der Waals surface area (Å²) in [6.07, 6.45) is 0.299. The van der Waals surface area contributed by atoms with Gasteiger partial charge in [0.05, 0.1) is 6.54 Å². The molecular weight excluding hydrogens is 428 g/mol. The van der Waals surface area contributed by atoms with E-state index in [0.29, 0.717) is 24.1 Å². The molecule has 1 unspecified atom stereocenters. The zero-order valence-electron chi connectivity index (χ0n) is 19.2. The topological polar surface area (TPSA) is 99.7 Å². The van der Waals surface area contributed by atoms with E-state index in [1.807, 2.05) is 18.2 Å². The number of urea groups is 1. The first kappa shape index (κ1) is 22.9. The van der Waals surface area contributed by atoms with Crippen molar-refractivity contribution in [1.82, 2.24) is 19.8 Å². The van der Waals surface area contributed by atoms with Gasteiger partial charge in [-0.25, -0.2) is 14.4 Å². The molecule has 3 aliphatic rings. The standard InChI is InChI=1S/C23H30N4O6/c1-23(2,3)32-21(30)25-13-14-26-18(15-25)19(28)27(20(26)29)33-22(31)24-11-9-17(10-12-24)16-7-5-4-6-8-16/h4-8,17-18H,9-15H2,1-3H3. The maximum atomic E-state index is 12.8. The van der Waals surface area contributed by atoms with Crippen LogP contribution in [-0.2, 0) is 14.4 Å². The summed E-state index contributed by atoms with van der Waals surface area (Å²) in [6, 6.07) is 8.56. The van der Waals surface area contributed by atoms with Crippen LogP contribution in [0.3, 0.4) is 0 Å². The lowest BCUT2D eigenvalue weighted by atomic mass is 9.90. The molecule has 0 spiro atoms. The third kappa shape index (κ3) is 4.89. The Bertz CT molecular complexity index is 923. The number of rotatable bonds is 2. The lowest BCUT2D eigenvalue weighted by molar-refractivity contribution is -0.152. The number of hydrogen-bond acceptors (Lipinski definition) is 6. The predicted molar refractivity (Wildman–Crippen MR) is 117 cm³/mol. The molecule has 0 N–H and O–H groups in total. The van der Waals surface area contributed by atoms with Crippen molar-refractivity contribution in [2.75, 3.05) is 32.7 Å². The van der Waals surface area contributed by atoms with Crippen LogP contribution < -0.4 is 0 Å². The number of benzene rings is 1. The van der Waals surface area contributed by atoms with Crippen LogP contribution >= 0.6 is 0 Å². The SMILES string of the molecule is CC(C)(C)OC(=O)N1CCN2C(=O)N(OC(=O)N3CCC(c4ccccc4)CC3)C(=O)C2C1. The number of carbonyl (C=O) groups excluding carboxylic acids is 4. The Kier molecular flexibility index (Phi) is 6.18. The fraction of sp³-hybridized carbons (Fsp3) is 0.565. The molecule has 10 nitrogen and oxygen atoms in total. The number of hydroxylamine groups is 2. The van der Waals surface area contributed by atoms with Gasteiger partial charge in [-0.1, -0.05) is 35.4 Å². The molecule has 0 saturated carbocycles. The van der Waals surface area contributed by atoms with Crippen LogP contribution in [0.4, 0.5) is 14.4 Å². The third-order valence-corrected chi connectivity index (χ3v) is 6.13. The number of nitrogens with zero attached hydrogens (tertiary/aromatic N) is 4. The van der Waals surface area contributed by atoms with Crippen LogP contribution in [-0.4, -0.2) is 88.3 Å². The minimum absolute atomic E-state index is 0.00396. The van der Waals surface area contributed by atoms with Crippen LogP contribution in [0.5, 0.6) is 0 Å². The fourth-order valence-electron chi connectivity index (χ4n) is 4.40. The van der Waals surface area contributed by atoms with Gasteiger partial charge in [0.1, 0.15) is 11.6 Å². The molecule has 0 radical (unpaired) electrons. The van der Waals surface area contributed by atoms with Gasteiger partial charge in [-0.05, 0) is 45.1 Å². The highest BCUT2D eigenvalue weighted by Gasteiger charge is 2.51. The molecule has 1 atom stereocenters. The minimum atomic E-state index is -0.893. The average Bonchev–Trinajstić information content (AvgIpc) is 3.03. The van der Waals surface area contributed by atoms with Crippen LogP contribution in [0, 0.1) is 0 Å². The zero-order chi connectivity index (χ0) is 23.8. The second-order valence-electron chi connectivity index (χ2n) is 9.58. The number of likely N-dealkylation sites (tertiary alicyclic amines) is 1. The fourth-order valence-corrected chi connectivity index (χ4v) is 4.40. The summed E-state index contributed by atoms with van der Waals surface area (Å²) in [5.41, 5.74) is 0.570. The van der Waals surface area contributed by atoms with Gasteiger partial charge in [-0.3, -0.25) is 4.79 Å². The Hall–Kier alpha value is -3.30. The Morgan fingerprint density at radius 2 is 1.58 bits per heavy atom. The lowest BCUT2D eigenvalue weighted by Crippen LogP contribution is -2.55. The number of piperidine rings is 1. The molecule has 178 valence electrons.